The minimum atomic E-state index is 0.294. The number of hydrogen-bond donors (Lipinski definition) is 2. The van der Waals surface area contributed by atoms with Crippen molar-refractivity contribution in [3.8, 4) is 45.0 Å². The lowest BCUT2D eigenvalue weighted by Crippen LogP contribution is -2.19. The number of hydrazone groups is 1. The average molecular weight is 657 g/mol. The van der Waals surface area contributed by atoms with Crippen LogP contribution in [0.1, 0.15) is 11.1 Å². The third kappa shape index (κ3) is 6.93. The van der Waals surface area contributed by atoms with E-state index in [2.05, 4.69) is 57.9 Å². The van der Waals surface area contributed by atoms with E-state index >= 15 is 0 Å². The lowest BCUT2D eigenvalue weighted by molar-refractivity contribution is 1.28. The highest BCUT2D eigenvalue weighted by Gasteiger charge is 2.22. The second kappa shape index (κ2) is 14.2. The minimum Gasteiger partial charge on any atom is -0.299 e. The van der Waals surface area contributed by atoms with Gasteiger partial charge < -0.3 is 0 Å². The molecule has 0 saturated heterocycles. The van der Waals surface area contributed by atoms with Crippen LogP contribution in [0.3, 0.4) is 0 Å². The van der Waals surface area contributed by atoms with Gasteiger partial charge in [-0.25, -0.2) is 4.98 Å². The molecule has 2 N–H and O–H groups in total. The summed E-state index contributed by atoms with van der Waals surface area (Å²) in [5.41, 5.74) is 16.0. The molecule has 8 rings (SSSR count). The largest absolute Gasteiger partial charge is 0.299 e. The van der Waals surface area contributed by atoms with Crippen LogP contribution in [0.4, 0.5) is 5.69 Å². The zero-order valence-corrected chi connectivity index (χ0v) is 27.6. The van der Waals surface area contributed by atoms with E-state index in [0.29, 0.717) is 11.4 Å². The van der Waals surface area contributed by atoms with Gasteiger partial charge in [0.05, 0.1) is 34.2 Å². The number of benzene rings is 4. The predicted octanol–water partition coefficient (Wildman–Crippen LogP) is 10.5. The number of aromatic nitrogens is 3. The van der Waals surface area contributed by atoms with E-state index in [1.807, 2.05) is 127 Å². The van der Waals surface area contributed by atoms with Gasteiger partial charge in [0, 0.05) is 40.2 Å². The molecular weight excluding hydrogens is 625 g/mol. The Morgan fingerprint density at radius 2 is 0.961 bits per heavy atom. The lowest BCUT2D eigenvalue weighted by Gasteiger charge is -2.19. The highest BCUT2D eigenvalue weighted by Crippen LogP contribution is 2.33. The van der Waals surface area contributed by atoms with Crippen molar-refractivity contribution in [2.24, 2.45) is 5.10 Å². The summed E-state index contributed by atoms with van der Waals surface area (Å²) in [7, 11) is 0. The van der Waals surface area contributed by atoms with Crippen molar-refractivity contribution in [1.29, 1.82) is 5.41 Å². The Kier molecular flexibility index (Phi) is 8.70. The van der Waals surface area contributed by atoms with Crippen LogP contribution in [0.25, 0.3) is 56.2 Å². The summed E-state index contributed by atoms with van der Waals surface area (Å²) >= 11 is 0. The summed E-state index contributed by atoms with van der Waals surface area (Å²) in [4.78, 5) is 14.1. The summed E-state index contributed by atoms with van der Waals surface area (Å²) in [6, 6.07) is 52.5. The molecule has 3 heterocycles. The van der Waals surface area contributed by atoms with Crippen LogP contribution in [0.15, 0.2) is 187 Å². The SMILES string of the molecule is N=C1C=C(c2cccc(-c3ccccn3)c2)C=C(c2cccc(-c3ccccn3)c2)/C1=N/Nc1cc(-c2ccccc2)nc(-c2ccccc2)c1. The molecule has 0 saturated carbocycles. The van der Waals surface area contributed by atoms with E-state index in [1.54, 1.807) is 12.4 Å². The predicted molar refractivity (Wildman–Crippen MR) is 209 cm³/mol. The first-order valence-electron chi connectivity index (χ1n) is 16.7. The van der Waals surface area contributed by atoms with Crippen LogP contribution in [-0.2, 0) is 0 Å². The first-order valence-corrected chi connectivity index (χ1v) is 16.7. The van der Waals surface area contributed by atoms with Crippen LogP contribution < -0.4 is 5.43 Å². The molecule has 0 aliphatic heterocycles. The first kappa shape index (κ1) is 31.2. The fraction of sp³-hybridized carbons (Fsp3) is 0. The van der Waals surface area contributed by atoms with Crippen LogP contribution in [-0.4, -0.2) is 26.4 Å². The summed E-state index contributed by atoms with van der Waals surface area (Å²) in [6.45, 7) is 0. The van der Waals surface area contributed by atoms with Crippen molar-refractivity contribution in [1.82, 2.24) is 15.0 Å². The number of anilines is 1. The van der Waals surface area contributed by atoms with Crippen molar-refractivity contribution in [2.75, 3.05) is 5.43 Å². The molecule has 3 aromatic heterocycles. The fourth-order valence-corrected chi connectivity index (χ4v) is 6.14. The lowest BCUT2D eigenvalue weighted by atomic mass is 9.87. The summed E-state index contributed by atoms with van der Waals surface area (Å²) in [6.07, 6.45) is 7.59. The molecular formula is C45H32N6. The number of nitrogens with one attached hydrogen (secondary N) is 2. The van der Waals surface area contributed by atoms with E-state index in [9.17, 15) is 5.41 Å². The number of pyridine rings is 3. The average Bonchev–Trinajstić information content (AvgIpc) is 3.21. The molecule has 0 spiro atoms. The van der Waals surface area contributed by atoms with Crippen LogP contribution in [0.5, 0.6) is 0 Å². The Hall–Kier alpha value is -7.05. The molecule has 0 bridgehead atoms. The van der Waals surface area contributed by atoms with Crippen molar-refractivity contribution in [2.45, 2.75) is 0 Å². The van der Waals surface area contributed by atoms with Gasteiger partial charge in [0.2, 0.25) is 0 Å². The molecule has 4 aromatic carbocycles. The zero-order valence-electron chi connectivity index (χ0n) is 27.6. The van der Waals surface area contributed by atoms with Gasteiger partial charge in [-0.05, 0) is 77.4 Å². The highest BCUT2D eigenvalue weighted by molar-refractivity contribution is 6.62. The monoisotopic (exact) mass is 656 g/mol. The molecule has 6 heteroatoms. The van der Waals surface area contributed by atoms with Crippen LogP contribution in [0.2, 0.25) is 0 Å². The molecule has 0 atom stereocenters. The number of hydrogen-bond acceptors (Lipinski definition) is 6. The second-order valence-electron chi connectivity index (χ2n) is 12.1. The Balaban J connectivity index is 1.22. The molecule has 1 aliphatic rings. The molecule has 6 nitrogen and oxygen atoms in total. The summed E-state index contributed by atoms with van der Waals surface area (Å²) in [5.74, 6) is 0. The number of rotatable bonds is 8. The quantitative estimate of drug-likeness (QED) is 0.126. The molecule has 7 aromatic rings. The van der Waals surface area contributed by atoms with Gasteiger partial charge in [0.25, 0.3) is 0 Å². The molecule has 0 radical (unpaired) electrons. The van der Waals surface area contributed by atoms with Crippen molar-refractivity contribution in [3.05, 3.63) is 193 Å². The van der Waals surface area contributed by atoms with Crippen molar-refractivity contribution < 1.29 is 0 Å². The number of nitrogens with zero attached hydrogens (tertiary/aromatic N) is 4. The molecule has 0 fully saturated rings. The summed E-state index contributed by atoms with van der Waals surface area (Å²) < 4.78 is 0. The van der Waals surface area contributed by atoms with E-state index in [0.717, 1.165) is 73.0 Å². The fourth-order valence-electron chi connectivity index (χ4n) is 6.14. The van der Waals surface area contributed by atoms with Crippen LogP contribution >= 0.6 is 0 Å². The maximum atomic E-state index is 9.34. The third-order valence-electron chi connectivity index (χ3n) is 8.66. The van der Waals surface area contributed by atoms with Gasteiger partial charge >= 0.3 is 0 Å². The highest BCUT2D eigenvalue weighted by atomic mass is 15.3. The topological polar surface area (TPSA) is 86.9 Å². The maximum Gasteiger partial charge on any atom is 0.116 e. The zero-order chi connectivity index (χ0) is 34.4. The molecule has 1 aliphatic carbocycles. The van der Waals surface area contributed by atoms with Gasteiger partial charge in [-0.3, -0.25) is 20.8 Å². The minimum absolute atomic E-state index is 0.294. The van der Waals surface area contributed by atoms with Crippen molar-refractivity contribution in [3.63, 3.8) is 0 Å². The molecule has 0 unspecified atom stereocenters. The van der Waals surface area contributed by atoms with Gasteiger partial charge in [-0.15, -0.1) is 0 Å². The van der Waals surface area contributed by atoms with Gasteiger partial charge in [0.1, 0.15) is 5.71 Å². The van der Waals surface area contributed by atoms with Gasteiger partial charge in [-0.1, -0.05) is 109 Å². The van der Waals surface area contributed by atoms with E-state index in [-0.39, 0.29) is 0 Å². The third-order valence-corrected chi connectivity index (χ3v) is 8.66. The van der Waals surface area contributed by atoms with E-state index in [4.69, 9.17) is 10.1 Å². The Morgan fingerprint density at radius 1 is 0.451 bits per heavy atom. The smallest absolute Gasteiger partial charge is 0.116 e. The van der Waals surface area contributed by atoms with E-state index in [1.165, 1.54) is 0 Å². The van der Waals surface area contributed by atoms with Crippen molar-refractivity contribution >= 4 is 28.3 Å². The maximum absolute atomic E-state index is 9.34. The standard InChI is InChI=1S/C45H32N6/c46-40-28-37(33-17-11-19-35(25-33)41-21-7-9-23-47-41)27-39(34-18-12-20-36(26-34)42-22-8-10-24-48-42)45(40)51-50-38-29-43(31-13-3-1-4-14-31)49-44(30-38)32-15-5-2-6-16-32/h1-30,46H,(H,49,50)/b46-40?,51-45-. The van der Waals surface area contributed by atoms with Gasteiger partial charge in [0.15, 0.2) is 0 Å². The summed E-state index contributed by atoms with van der Waals surface area (Å²) in [5, 5.41) is 14.3. The van der Waals surface area contributed by atoms with E-state index < -0.39 is 0 Å². The molecule has 242 valence electrons. The Morgan fingerprint density at radius 3 is 1.53 bits per heavy atom. The Labute approximate surface area is 296 Å². The first-order chi connectivity index (χ1) is 25.2. The number of allylic oxidation sites excluding steroid dienone is 4. The Bertz CT molecular complexity index is 2380. The second-order valence-corrected chi connectivity index (χ2v) is 12.1. The normalized spacial score (nSPS) is 13.4. The van der Waals surface area contributed by atoms with Crippen LogP contribution in [0, 0.1) is 5.41 Å². The van der Waals surface area contributed by atoms with Gasteiger partial charge in [-0.2, -0.15) is 5.10 Å². The molecule has 0 amide bonds. The molecule has 51 heavy (non-hydrogen) atoms.